The topological polar surface area (TPSA) is 9.23 Å². The Morgan fingerprint density at radius 2 is 1.48 bits per heavy atom. The number of rotatable bonds is 3. The monoisotopic (exact) mass is 338 g/mol. The maximum Gasteiger partial charge on any atom is 0.118 e. The van der Waals surface area contributed by atoms with Crippen molar-refractivity contribution in [2.45, 2.75) is 32.7 Å². The molecule has 2 aromatic carbocycles. The van der Waals surface area contributed by atoms with Crippen molar-refractivity contribution in [3.8, 4) is 5.75 Å². The summed E-state index contributed by atoms with van der Waals surface area (Å²) in [4.78, 5) is 0. The second-order valence-corrected chi connectivity index (χ2v) is 17.2. The van der Waals surface area contributed by atoms with Crippen LogP contribution in [0.2, 0.25) is 32.7 Å². The summed E-state index contributed by atoms with van der Waals surface area (Å²) in [7, 11) is -1.38. The lowest BCUT2D eigenvalue weighted by Crippen LogP contribution is -2.40. The van der Waals surface area contributed by atoms with Crippen molar-refractivity contribution >= 4 is 31.7 Å². The molecule has 0 fully saturated rings. The fraction of sp³-hybridized carbons (Fsp3) is 0.300. The second kappa shape index (κ2) is 5.50. The largest absolute Gasteiger partial charge is 0.497 e. The Hall–Kier alpha value is -1.59. The lowest BCUT2D eigenvalue weighted by atomic mass is 10.1. The van der Waals surface area contributed by atoms with Crippen LogP contribution in [0.3, 0.4) is 0 Å². The molecule has 2 aromatic rings. The third-order valence-electron chi connectivity index (χ3n) is 4.87. The molecule has 1 aliphatic rings. The van der Waals surface area contributed by atoms with Crippen LogP contribution in [0.4, 0.5) is 0 Å². The van der Waals surface area contributed by atoms with Gasteiger partial charge in [0.2, 0.25) is 0 Å². The minimum atomic E-state index is -1.66. The summed E-state index contributed by atoms with van der Waals surface area (Å²) in [6, 6.07) is 17.8. The summed E-state index contributed by atoms with van der Waals surface area (Å²) in [6.45, 7) is 12.4. The van der Waals surface area contributed by atoms with Crippen LogP contribution in [0.5, 0.6) is 5.75 Å². The fourth-order valence-electron chi connectivity index (χ4n) is 3.87. The van der Waals surface area contributed by atoms with E-state index in [0.717, 1.165) is 5.75 Å². The molecule has 1 aliphatic heterocycles. The van der Waals surface area contributed by atoms with Gasteiger partial charge in [-0.15, -0.1) is 0 Å². The van der Waals surface area contributed by atoms with Gasteiger partial charge in [0.15, 0.2) is 0 Å². The van der Waals surface area contributed by atoms with Gasteiger partial charge < -0.3 is 4.74 Å². The van der Waals surface area contributed by atoms with Gasteiger partial charge in [0.1, 0.15) is 13.8 Å². The van der Waals surface area contributed by atoms with Gasteiger partial charge in [-0.05, 0) is 33.6 Å². The van der Waals surface area contributed by atoms with Gasteiger partial charge in [-0.1, -0.05) is 74.3 Å². The Morgan fingerprint density at radius 3 is 2.04 bits per heavy atom. The molecule has 0 unspecified atom stereocenters. The van der Waals surface area contributed by atoms with Crippen molar-refractivity contribution in [2.75, 3.05) is 7.11 Å². The van der Waals surface area contributed by atoms with Crippen molar-refractivity contribution < 1.29 is 4.74 Å². The summed E-state index contributed by atoms with van der Waals surface area (Å²) in [5.74, 6) is 0.930. The highest BCUT2D eigenvalue weighted by molar-refractivity contribution is 7.13. The molecule has 120 valence electrons. The Labute approximate surface area is 142 Å². The van der Waals surface area contributed by atoms with Crippen LogP contribution in [0, 0.1) is 0 Å². The zero-order valence-electron chi connectivity index (χ0n) is 15.0. The molecule has 0 amide bonds. The van der Waals surface area contributed by atoms with E-state index in [4.69, 9.17) is 4.74 Å². The average molecular weight is 339 g/mol. The third-order valence-corrected chi connectivity index (χ3v) is 10.7. The minimum Gasteiger partial charge on any atom is -0.497 e. The molecular weight excluding hydrogens is 312 g/mol. The SMILES string of the molecule is COc1ccc(C2=C([Si](C)(C)C)c3ccccc3[Si]2(C)C)cc1. The molecule has 1 heterocycles. The Bertz CT molecular complexity index is 765. The van der Waals surface area contributed by atoms with Gasteiger partial charge in [-0.2, -0.15) is 0 Å². The molecule has 3 heteroatoms. The van der Waals surface area contributed by atoms with E-state index in [1.54, 1.807) is 22.7 Å². The maximum atomic E-state index is 5.34. The van der Waals surface area contributed by atoms with Crippen molar-refractivity contribution in [3.05, 3.63) is 59.7 Å². The molecule has 0 bridgehead atoms. The molecular formula is C20H26OSi2. The molecule has 0 aliphatic carbocycles. The summed E-state index contributed by atoms with van der Waals surface area (Å²) in [5, 5.41) is 4.90. The molecule has 0 atom stereocenters. The van der Waals surface area contributed by atoms with Crippen molar-refractivity contribution in [2.24, 2.45) is 0 Å². The zero-order chi connectivity index (χ0) is 16.8. The van der Waals surface area contributed by atoms with E-state index < -0.39 is 16.1 Å². The summed E-state index contributed by atoms with van der Waals surface area (Å²) in [6.07, 6.45) is 0. The van der Waals surface area contributed by atoms with Gasteiger partial charge in [-0.25, -0.2) is 0 Å². The highest BCUT2D eigenvalue weighted by Crippen LogP contribution is 2.44. The van der Waals surface area contributed by atoms with Crippen LogP contribution in [-0.4, -0.2) is 23.3 Å². The third kappa shape index (κ3) is 2.62. The molecule has 0 N–H and O–H groups in total. The molecule has 0 spiro atoms. The number of fused-ring (bicyclic) bond motifs is 1. The molecule has 0 aromatic heterocycles. The minimum absolute atomic E-state index is 0.930. The first kappa shape index (κ1) is 16.3. The fourth-order valence-corrected chi connectivity index (χ4v) is 11.3. The second-order valence-electron chi connectivity index (χ2n) is 7.90. The van der Waals surface area contributed by atoms with E-state index in [-0.39, 0.29) is 0 Å². The van der Waals surface area contributed by atoms with E-state index in [2.05, 4.69) is 81.3 Å². The highest BCUT2D eigenvalue weighted by atomic mass is 28.3. The van der Waals surface area contributed by atoms with Crippen LogP contribution in [0.25, 0.3) is 10.4 Å². The van der Waals surface area contributed by atoms with Gasteiger partial charge in [0.05, 0.1) is 15.2 Å². The number of benzene rings is 2. The predicted octanol–water partition coefficient (Wildman–Crippen LogP) is 4.95. The smallest absolute Gasteiger partial charge is 0.118 e. The quantitative estimate of drug-likeness (QED) is 0.719. The van der Waals surface area contributed by atoms with Crippen LogP contribution >= 0.6 is 0 Å². The van der Waals surface area contributed by atoms with Gasteiger partial charge in [0.25, 0.3) is 0 Å². The molecule has 0 radical (unpaired) electrons. The number of methoxy groups -OCH3 is 1. The van der Waals surface area contributed by atoms with Crippen LogP contribution < -0.4 is 9.92 Å². The number of hydrogen-bond acceptors (Lipinski definition) is 1. The van der Waals surface area contributed by atoms with E-state index in [9.17, 15) is 0 Å². The zero-order valence-corrected chi connectivity index (χ0v) is 17.0. The van der Waals surface area contributed by atoms with E-state index in [0.29, 0.717) is 0 Å². The number of ether oxygens (including phenoxy) is 1. The maximum absolute atomic E-state index is 5.34. The summed E-state index contributed by atoms with van der Waals surface area (Å²) < 4.78 is 5.34. The predicted molar refractivity (Wildman–Crippen MR) is 107 cm³/mol. The summed E-state index contributed by atoms with van der Waals surface area (Å²) in [5.41, 5.74) is 2.91. The van der Waals surface area contributed by atoms with Crippen LogP contribution in [0.15, 0.2) is 48.5 Å². The average Bonchev–Trinajstić information content (AvgIpc) is 2.75. The first-order valence-corrected chi connectivity index (χ1v) is 14.8. The van der Waals surface area contributed by atoms with E-state index in [1.807, 2.05) is 0 Å². The van der Waals surface area contributed by atoms with Gasteiger partial charge in [-0.3, -0.25) is 0 Å². The van der Waals surface area contributed by atoms with E-state index >= 15 is 0 Å². The van der Waals surface area contributed by atoms with Crippen molar-refractivity contribution in [3.63, 3.8) is 0 Å². The van der Waals surface area contributed by atoms with Crippen molar-refractivity contribution in [1.29, 1.82) is 0 Å². The lowest BCUT2D eigenvalue weighted by Gasteiger charge is -2.26. The Kier molecular flexibility index (Phi) is 3.89. The standard InChI is InChI=1S/C20H26OSi2/c1-21-16-13-11-15(12-14-16)19-20(22(2,3)4)17-9-7-8-10-18(17)23(19,5)6/h7-14H,1-6H3. The highest BCUT2D eigenvalue weighted by Gasteiger charge is 2.43. The van der Waals surface area contributed by atoms with Gasteiger partial charge >= 0.3 is 0 Å². The first-order valence-electron chi connectivity index (χ1n) is 8.26. The lowest BCUT2D eigenvalue weighted by molar-refractivity contribution is 0.415. The normalized spacial score (nSPS) is 16.4. The van der Waals surface area contributed by atoms with Crippen molar-refractivity contribution in [1.82, 2.24) is 0 Å². The van der Waals surface area contributed by atoms with Crippen LogP contribution in [0.1, 0.15) is 11.1 Å². The molecule has 0 saturated carbocycles. The first-order chi connectivity index (χ1) is 10.8. The number of hydrogen-bond donors (Lipinski definition) is 0. The summed E-state index contributed by atoms with van der Waals surface area (Å²) >= 11 is 0. The molecule has 3 rings (SSSR count). The molecule has 1 nitrogen and oxygen atoms in total. The van der Waals surface area contributed by atoms with Gasteiger partial charge in [0, 0.05) is 0 Å². The Morgan fingerprint density at radius 1 is 0.870 bits per heavy atom. The molecule has 23 heavy (non-hydrogen) atoms. The molecule has 0 saturated heterocycles. The van der Waals surface area contributed by atoms with E-state index in [1.165, 1.54) is 11.1 Å². The Balaban J connectivity index is 2.29. The van der Waals surface area contributed by atoms with Crippen LogP contribution in [-0.2, 0) is 0 Å².